The van der Waals surface area contributed by atoms with E-state index in [9.17, 15) is 0 Å². The zero-order valence-corrected chi connectivity index (χ0v) is 20.4. The molecule has 1 aliphatic rings. The number of nitrogens with one attached hydrogen (secondary N) is 2. The molecular formula is C22H39IN4O2. The van der Waals surface area contributed by atoms with E-state index < -0.39 is 0 Å². The number of hydrogen-bond donors (Lipinski definition) is 2. The molecule has 1 aromatic rings. The molecule has 166 valence electrons. The zero-order chi connectivity index (χ0) is 19.9. The molecule has 1 fully saturated rings. The van der Waals surface area contributed by atoms with Crippen molar-refractivity contribution >= 4 is 29.9 Å². The number of rotatable bonds is 13. The second-order valence-corrected chi connectivity index (χ2v) is 7.13. The quantitative estimate of drug-likeness (QED) is 0.181. The molecule has 0 radical (unpaired) electrons. The van der Waals surface area contributed by atoms with Crippen LogP contribution < -0.4 is 10.6 Å². The number of halogens is 1. The Morgan fingerprint density at radius 2 is 1.72 bits per heavy atom. The van der Waals surface area contributed by atoms with Gasteiger partial charge in [-0.3, -0.25) is 9.89 Å². The fourth-order valence-electron chi connectivity index (χ4n) is 3.41. The van der Waals surface area contributed by atoms with Crippen LogP contribution in [0.5, 0.6) is 0 Å². The average Bonchev–Trinajstić information content (AvgIpc) is 3.26. The van der Waals surface area contributed by atoms with Crippen LogP contribution in [0.3, 0.4) is 0 Å². The Balaban J connectivity index is 0.00000420. The van der Waals surface area contributed by atoms with Gasteiger partial charge in [0.15, 0.2) is 5.96 Å². The number of likely N-dealkylation sites (tertiary alicyclic amines) is 1. The minimum Gasteiger partial charge on any atom is -0.379 e. The Bertz CT molecular complexity index is 539. The van der Waals surface area contributed by atoms with Crippen LogP contribution in [0.15, 0.2) is 35.3 Å². The van der Waals surface area contributed by atoms with Crippen molar-refractivity contribution in [2.24, 2.45) is 4.99 Å². The minimum atomic E-state index is 0. The van der Waals surface area contributed by atoms with Gasteiger partial charge < -0.3 is 20.1 Å². The summed E-state index contributed by atoms with van der Waals surface area (Å²) in [6.07, 6.45) is 4.86. The third-order valence-electron chi connectivity index (χ3n) is 5.01. The molecule has 0 saturated carbocycles. The molecule has 2 rings (SSSR count). The van der Waals surface area contributed by atoms with Crippen molar-refractivity contribution in [2.75, 3.05) is 59.7 Å². The van der Waals surface area contributed by atoms with E-state index >= 15 is 0 Å². The third kappa shape index (κ3) is 10.6. The van der Waals surface area contributed by atoms with Gasteiger partial charge in [-0.1, -0.05) is 43.7 Å². The lowest BCUT2D eigenvalue weighted by molar-refractivity contribution is 0.0487. The predicted octanol–water partition coefficient (Wildman–Crippen LogP) is 3.44. The van der Waals surface area contributed by atoms with E-state index in [-0.39, 0.29) is 24.0 Å². The van der Waals surface area contributed by atoms with Gasteiger partial charge in [0.1, 0.15) is 0 Å². The summed E-state index contributed by atoms with van der Waals surface area (Å²) in [6.45, 7) is 8.86. The van der Waals surface area contributed by atoms with Gasteiger partial charge in [-0.2, -0.15) is 0 Å². The summed E-state index contributed by atoms with van der Waals surface area (Å²) in [5.41, 5.74) is 1.36. The van der Waals surface area contributed by atoms with Gasteiger partial charge in [0.2, 0.25) is 0 Å². The second kappa shape index (κ2) is 16.8. The van der Waals surface area contributed by atoms with Crippen LogP contribution in [-0.2, 0) is 9.47 Å². The van der Waals surface area contributed by atoms with Gasteiger partial charge in [-0.25, -0.2) is 0 Å². The molecule has 2 N–H and O–H groups in total. The Labute approximate surface area is 193 Å². The monoisotopic (exact) mass is 518 g/mol. The number of unbranched alkanes of at least 4 members (excludes halogenated alkanes) is 1. The van der Waals surface area contributed by atoms with Crippen molar-refractivity contribution in [3.63, 3.8) is 0 Å². The highest BCUT2D eigenvalue weighted by Gasteiger charge is 2.23. The topological polar surface area (TPSA) is 58.1 Å². The average molecular weight is 518 g/mol. The number of benzene rings is 1. The van der Waals surface area contributed by atoms with E-state index in [1.165, 1.54) is 37.9 Å². The summed E-state index contributed by atoms with van der Waals surface area (Å²) >= 11 is 0. The first-order valence-corrected chi connectivity index (χ1v) is 10.7. The SMILES string of the molecule is CCCCOCCOCCNC(=NC)NCC(c1ccccc1)N1CCCC1.I. The van der Waals surface area contributed by atoms with E-state index in [1.54, 1.807) is 0 Å². The van der Waals surface area contributed by atoms with Crippen LogP contribution >= 0.6 is 24.0 Å². The highest BCUT2D eigenvalue weighted by Crippen LogP contribution is 2.24. The van der Waals surface area contributed by atoms with Crippen molar-refractivity contribution in [3.05, 3.63) is 35.9 Å². The van der Waals surface area contributed by atoms with Gasteiger partial charge >= 0.3 is 0 Å². The lowest BCUT2D eigenvalue weighted by Crippen LogP contribution is -2.43. The highest BCUT2D eigenvalue weighted by molar-refractivity contribution is 14.0. The van der Waals surface area contributed by atoms with Crippen LogP contribution in [-0.4, -0.2) is 70.5 Å². The summed E-state index contributed by atoms with van der Waals surface area (Å²) in [6, 6.07) is 11.1. The predicted molar refractivity (Wildman–Crippen MR) is 131 cm³/mol. The number of aliphatic imine (C=N–C) groups is 1. The van der Waals surface area contributed by atoms with E-state index in [0.29, 0.717) is 25.9 Å². The third-order valence-corrected chi connectivity index (χ3v) is 5.01. The molecule has 29 heavy (non-hydrogen) atoms. The van der Waals surface area contributed by atoms with Gasteiger partial charge in [-0.05, 0) is 37.9 Å². The normalized spacial score (nSPS) is 15.7. The Hall–Kier alpha value is -0.900. The maximum Gasteiger partial charge on any atom is 0.191 e. The van der Waals surface area contributed by atoms with Crippen molar-refractivity contribution in [1.29, 1.82) is 0 Å². The van der Waals surface area contributed by atoms with Crippen molar-refractivity contribution in [3.8, 4) is 0 Å². The largest absolute Gasteiger partial charge is 0.379 e. The molecule has 7 heteroatoms. The van der Waals surface area contributed by atoms with Crippen molar-refractivity contribution < 1.29 is 9.47 Å². The summed E-state index contributed by atoms with van der Waals surface area (Å²) in [4.78, 5) is 6.91. The van der Waals surface area contributed by atoms with Crippen LogP contribution in [0.2, 0.25) is 0 Å². The van der Waals surface area contributed by atoms with E-state index in [1.807, 2.05) is 7.05 Å². The molecule has 1 aliphatic heterocycles. The second-order valence-electron chi connectivity index (χ2n) is 7.13. The lowest BCUT2D eigenvalue weighted by Gasteiger charge is -2.29. The molecule has 6 nitrogen and oxygen atoms in total. The van der Waals surface area contributed by atoms with Crippen LogP contribution in [0, 0.1) is 0 Å². The molecule has 0 amide bonds. The molecule has 1 atom stereocenters. The zero-order valence-electron chi connectivity index (χ0n) is 18.1. The first kappa shape index (κ1) is 26.1. The molecule has 0 bridgehead atoms. The fourth-order valence-corrected chi connectivity index (χ4v) is 3.41. The van der Waals surface area contributed by atoms with Gasteiger partial charge in [-0.15, -0.1) is 24.0 Å². The van der Waals surface area contributed by atoms with E-state index in [4.69, 9.17) is 9.47 Å². The van der Waals surface area contributed by atoms with Gasteiger partial charge in [0.25, 0.3) is 0 Å². The summed E-state index contributed by atoms with van der Waals surface area (Å²) < 4.78 is 11.1. The molecular weight excluding hydrogens is 479 g/mol. The lowest BCUT2D eigenvalue weighted by atomic mass is 10.1. The summed E-state index contributed by atoms with van der Waals surface area (Å²) in [5, 5.41) is 6.82. The smallest absolute Gasteiger partial charge is 0.191 e. The molecule has 0 aromatic heterocycles. The Morgan fingerprint density at radius 3 is 2.38 bits per heavy atom. The fraction of sp³-hybridized carbons (Fsp3) is 0.682. The molecule has 1 saturated heterocycles. The van der Waals surface area contributed by atoms with Crippen molar-refractivity contribution in [2.45, 2.75) is 38.6 Å². The Kier molecular flexibility index (Phi) is 15.2. The maximum absolute atomic E-state index is 5.61. The first-order chi connectivity index (χ1) is 13.8. The maximum atomic E-state index is 5.61. The molecule has 0 aliphatic carbocycles. The van der Waals surface area contributed by atoms with Crippen LogP contribution in [0.4, 0.5) is 0 Å². The van der Waals surface area contributed by atoms with Crippen LogP contribution in [0.1, 0.15) is 44.2 Å². The first-order valence-electron chi connectivity index (χ1n) is 10.7. The highest BCUT2D eigenvalue weighted by atomic mass is 127. The Morgan fingerprint density at radius 1 is 1.03 bits per heavy atom. The molecule has 1 heterocycles. The standard InChI is InChI=1S/C22H38N4O2.HI/c1-3-4-15-27-17-18-28-16-12-24-22(23-2)25-19-21(26-13-8-9-14-26)20-10-6-5-7-11-20;/h5-7,10-11,21H,3-4,8-9,12-19H2,1-2H3,(H2,23,24,25);1H. The van der Waals surface area contributed by atoms with Crippen molar-refractivity contribution in [1.82, 2.24) is 15.5 Å². The van der Waals surface area contributed by atoms with Gasteiger partial charge in [0, 0.05) is 26.7 Å². The molecule has 1 unspecified atom stereocenters. The number of guanidine groups is 1. The molecule has 0 spiro atoms. The number of nitrogens with zero attached hydrogens (tertiary/aromatic N) is 2. The number of hydrogen-bond acceptors (Lipinski definition) is 4. The van der Waals surface area contributed by atoms with E-state index in [2.05, 4.69) is 57.8 Å². The van der Waals surface area contributed by atoms with E-state index in [0.717, 1.165) is 32.1 Å². The summed E-state index contributed by atoms with van der Waals surface area (Å²) in [5.74, 6) is 0.822. The minimum absolute atomic E-state index is 0. The number of ether oxygens (including phenoxy) is 2. The van der Waals surface area contributed by atoms with Crippen LogP contribution in [0.25, 0.3) is 0 Å². The van der Waals surface area contributed by atoms with Gasteiger partial charge in [0.05, 0.1) is 25.9 Å². The molecule has 1 aromatic carbocycles. The summed E-state index contributed by atoms with van der Waals surface area (Å²) in [7, 11) is 1.81.